The van der Waals surface area contributed by atoms with Crippen LogP contribution in [-0.2, 0) is 6.54 Å². The van der Waals surface area contributed by atoms with E-state index in [0.717, 1.165) is 37.7 Å². The first-order valence-corrected chi connectivity index (χ1v) is 9.22. The van der Waals surface area contributed by atoms with Gasteiger partial charge in [0.25, 0.3) is 0 Å². The Morgan fingerprint density at radius 1 is 1.41 bits per heavy atom. The summed E-state index contributed by atoms with van der Waals surface area (Å²) >= 11 is 0. The van der Waals surface area contributed by atoms with Crippen LogP contribution in [0.4, 0.5) is 0 Å². The number of hydrogen-bond donors (Lipinski definition) is 1. The van der Waals surface area contributed by atoms with Crippen molar-refractivity contribution in [2.45, 2.75) is 32.9 Å². The van der Waals surface area contributed by atoms with E-state index in [9.17, 15) is 0 Å². The lowest BCUT2D eigenvalue weighted by Gasteiger charge is -2.39. The van der Waals surface area contributed by atoms with Crippen LogP contribution in [0.3, 0.4) is 0 Å². The van der Waals surface area contributed by atoms with Crippen molar-refractivity contribution in [1.82, 2.24) is 24.8 Å². The zero-order valence-electron chi connectivity index (χ0n) is 16.2. The number of aromatic nitrogens is 3. The molecule has 0 radical (unpaired) electrons. The third-order valence-corrected chi connectivity index (χ3v) is 4.84. The smallest absolute Gasteiger partial charge is 0.213 e. The number of nitrogens with zero attached hydrogens (tertiary/aromatic N) is 5. The molecule has 8 heteroatoms. The Morgan fingerprint density at radius 2 is 2.26 bits per heavy atom. The van der Waals surface area contributed by atoms with E-state index in [-0.39, 0.29) is 24.0 Å². The molecular weight excluding hydrogens is 455 g/mol. The summed E-state index contributed by atoms with van der Waals surface area (Å²) < 4.78 is 7.41. The van der Waals surface area contributed by atoms with Crippen LogP contribution in [0.5, 0.6) is 5.88 Å². The number of methoxy groups -OCH3 is 1. The Labute approximate surface area is 178 Å². The van der Waals surface area contributed by atoms with E-state index in [0.29, 0.717) is 24.4 Å². The summed E-state index contributed by atoms with van der Waals surface area (Å²) in [5.74, 6) is 2.17. The summed E-state index contributed by atoms with van der Waals surface area (Å²) in [6, 6.07) is 6.17. The normalized spacial score (nSPS) is 20.1. The highest BCUT2D eigenvalue weighted by molar-refractivity contribution is 14.0. The average Bonchev–Trinajstić information content (AvgIpc) is 3.20. The van der Waals surface area contributed by atoms with Crippen molar-refractivity contribution < 1.29 is 4.74 Å². The Hall–Kier alpha value is -1.84. The Morgan fingerprint density at radius 3 is 2.96 bits per heavy atom. The maximum absolute atomic E-state index is 5.20. The molecule has 0 spiro atoms. The number of guanidine groups is 1. The fourth-order valence-electron chi connectivity index (χ4n) is 3.34. The van der Waals surface area contributed by atoms with E-state index in [4.69, 9.17) is 9.73 Å². The number of halogens is 1. The first-order valence-electron chi connectivity index (χ1n) is 9.22. The second-order valence-corrected chi connectivity index (χ2v) is 6.63. The molecule has 0 amide bonds. The van der Waals surface area contributed by atoms with Crippen LogP contribution in [0.25, 0.3) is 0 Å². The van der Waals surface area contributed by atoms with Crippen molar-refractivity contribution in [1.29, 1.82) is 0 Å². The molecule has 1 saturated heterocycles. The number of nitrogens with one attached hydrogen (secondary N) is 1. The van der Waals surface area contributed by atoms with Gasteiger partial charge >= 0.3 is 0 Å². The molecule has 2 unspecified atom stereocenters. The van der Waals surface area contributed by atoms with Crippen LogP contribution in [0.1, 0.15) is 32.0 Å². The Balaban J connectivity index is 0.00000261. The number of rotatable bonds is 5. The molecule has 2 aromatic rings. The first-order chi connectivity index (χ1) is 12.7. The number of imidazole rings is 1. The number of pyridine rings is 1. The summed E-state index contributed by atoms with van der Waals surface area (Å²) in [5.41, 5.74) is 0.899. The molecule has 1 fully saturated rings. The van der Waals surface area contributed by atoms with Gasteiger partial charge in [-0.05, 0) is 25.3 Å². The van der Waals surface area contributed by atoms with Crippen LogP contribution in [-0.4, -0.2) is 52.1 Å². The van der Waals surface area contributed by atoms with E-state index in [2.05, 4.69) is 44.8 Å². The summed E-state index contributed by atoms with van der Waals surface area (Å²) in [6.07, 6.45) is 6.94. The highest BCUT2D eigenvalue weighted by Crippen LogP contribution is 2.27. The molecule has 3 rings (SSSR count). The molecule has 27 heavy (non-hydrogen) atoms. The van der Waals surface area contributed by atoms with Gasteiger partial charge in [-0.2, -0.15) is 0 Å². The average molecular weight is 484 g/mol. The maximum atomic E-state index is 5.20. The SMILES string of the molecule is CCNC(=NCc1cccc(OC)n1)N1CCC(C)C(n2ccnc2)C1.I. The van der Waals surface area contributed by atoms with Gasteiger partial charge in [0.05, 0.1) is 31.7 Å². The van der Waals surface area contributed by atoms with E-state index >= 15 is 0 Å². The molecule has 1 aliphatic heterocycles. The van der Waals surface area contributed by atoms with Gasteiger partial charge in [0.2, 0.25) is 5.88 Å². The molecule has 2 atom stereocenters. The van der Waals surface area contributed by atoms with Crippen LogP contribution in [0.15, 0.2) is 41.9 Å². The Bertz CT molecular complexity index is 721. The number of ether oxygens (including phenoxy) is 1. The molecule has 0 bridgehead atoms. The number of piperidine rings is 1. The highest BCUT2D eigenvalue weighted by Gasteiger charge is 2.28. The van der Waals surface area contributed by atoms with Gasteiger partial charge < -0.3 is 19.5 Å². The van der Waals surface area contributed by atoms with Crippen molar-refractivity contribution >= 4 is 29.9 Å². The van der Waals surface area contributed by atoms with E-state index in [1.807, 2.05) is 30.7 Å². The summed E-state index contributed by atoms with van der Waals surface area (Å²) in [5, 5.41) is 3.42. The molecule has 0 saturated carbocycles. The fraction of sp³-hybridized carbons (Fsp3) is 0.526. The lowest BCUT2D eigenvalue weighted by Crippen LogP contribution is -2.49. The minimum Gasteiger partial charge on any atom is -0.481 e. The third kappa shape index (κ3) is 5.57. The molecule has 7 nitrogen and oxygen atoms in total. The molecule has 1 N–H and O–H groups in total. The van der Waals surface area contributed by atoms with Gasteiger partial charge in [0.1, 0.15) is 0 Å². The third-order valence-electron chi connectivity index (χ3n) is 4.84. The minimum atomic E-state index is 0. The van der Waals surface area contributed by atoms with Crippen molar-refractivity contribution in [3.8, 4) is 5.88 Å². The van der Waals surface area contributed by atoms with Crippen LogP contribution < -0.4 is 10.1 Å². The Kier molecular flexibility index (Phi) is 8.33. The number of hydrogen-bond acceptors (Lipinski definition) is 4. The van der Waals surface area contributed by atoms with Gasteiger partial charge in [0.15, 0.2) is 5.96 Å². The van der Waals surface area contributed by atoms with E-state index < -0.39 is 0 Å². The lowest BCUT2D eigenvalue weighted by atomic mass is 9.93. The monoisotopic (exact) mass is 484 g/mol. The summed E-state index contributed by atoms with van der Waals surface area (Å²) in [4.78, 5) is 15.8. The second-order valence-electron chi connectivity index (χ2n) is 6.63. The van der Waals surface area contributed by atoms with Crippen LogP contribution >= 0.6 is 24.0 Å². The van der Waals surface area contributed by atoms with Crippen molar-refractivity contribution in [2.24, 2.45) is 10.9 Å². The molecule has 0 aromatic carbocycles. The van der Waals surface area contributed by atoms with Crippen LogP contribution in [0, 0.1) is 5.92 Å². The standard InChI is InChI=1S/C19H28N6O.HI/c1-4-21-19(22-12-16-6-5-7-18(23-16)26-3)24-10-8-15(2)17(13-24)25-11-9-20-14-25;/h5-7,9,11,14-15,17H,4,8,10,12-13H2,1-3H3,(H,21,22);1H. The minimum absolute atomic E-state index is 0. The molecule has 3 heterocycles. The highest BCUT2D eigenvalue weighted by atomic mass is 127. The summed E-state index contributed by atoms with van der Waals surface area (Å²) in [6.45, 7) is 7.71. The molecular formula is C19H29IN6O. The van der Waals surface area contributed by atoms with Gasteiger partial charge in [-0.1, -0.05) is 13.0 Å². The zero-order chi connectivity index (χ0) is 18.4. The number of likely N-dealkylation sites (tertiary alicyclic amines) is 1. The van der Waals surface area contributed by atoms with Crippen molar-refractivity contribution in [2.75, 3.05) is 26.7 Å². The molecule has 2 aromatic heterocycles. The van der Waals surface area contributed by atoms with Gasteiger partial charge in [-0.15, -0.1) is 24.0 Å². The first kappa shape index (κ1) is 21.5. The second kappa shape index (κ2) is 10.5. The van der Waals surface area contributed by atoms with Crippen LogP contribution in [0.2, 0.25) is 0 Å². The summed E-state index contributed by atoms with van der Waals surface area (Å²) in [7, 11) is 1.63. The van der Waals surface area contributed by atoms with E-state index in [1.165, 1.54) is 0 Å². The lowest BCUT2D eigenvalue weighted by molar-refractivity contribution is 0.189. The quantitative estimate of drug-likeness (QED) is 0.402. The van der Waals surface area contributed by atoms with E-state index in [1.54, 1.807) is 7.11 Å². The van der Waals surface area contributed by atoms with Gasteiger partial charge in [-0.3, -0.25) is 0 Å². The van der Waals surface area contributed by atoms with Crippen molar-refractivity contribution in [3.63, 3.8) is 0 Å². The fourth-order valence-corrected chi connectivity index (χ4v) is 3.34. The van der Waals surface area contributed by atoms with Gasteiger partial charge in [0, 0.05) is 38.1 Å². The largest absolute Gasteiger partial charge is 0.481 e. The predicted octanol–water partition coefficient (Wildman–Crippen LogP) is 2.95. The molecule has 1 aliphatic rings. The number of aliphatic imine (C=N–C) groups is 1. The molecule has 0 aliphatic carbocycles. The maximum Gasteiger partial charge on any atom is 0.213 e. The predicted molar refractivity (Wildman–Crippen MR) is 118 cm³/mol. The zero-order valence-corrected chi connectivity index (χ0v) is 18.5. The topological polar surface area (TPSA) is 67.6 Å². The molecule has 148 valence electrons. The van der Waals surface area contributed by atoms with Gasteiger partial charge in [-0.25, -0.2) is 15.0 Å². The van der Waals surface area contributed by atoms with Crippen molar-refractivity contribution in [3.05, 3.63) is 42.6 Å².